The first-order valence-electron chi connectivity index (χ1n) is 9.41. The topological polar surface area (TPSA) is 64.2 Å². The number of hydrogen-bond acceptors (Lipinski definition) is 4. The third kappa shape index (κ3) is 3.39. The molecule has 1 fully saturated rings. The highest BCUT2D eigenvalue weighted by molar-refractivity contribution is 5.94. The third-order valence-corrected chi connectivity index (χ3v) is 5.12. The van der Waals surface area contributed by atoms with Crippen molar-refractivity contribution in [3.63, 3.8) is 0 Å². The van der Waals surface area contributed by atoms with Crippen LogP contribution in [0.2, 0.25) is 0 Å². The van der Waals surface area contributed by atoms with E-state index in [1.807, 2.05) is 66.8 Å². The summed E-state index contributed by atoms with van der Waals surface area (Å²) in [4.78, 5) is 15.1. The molecular formula is C21H24N4O2. The monoisotopic (exact) mass is 364 g/mol. The van der Waals surface area contributed by atoms with Crippen LogP contribution in [0.25, 0.3) is 5.69 Å². The molecule has 1 atom stereocenters. The maximum Gasteiger partial charge on any atom is 0.254 e. The van der Waals surface area contributed by atoms with Crippen LogP contribution in [0.4, 0.5) is 0 Å². The lowest BCUT2D eigenvalue weighted by Gasteiger charge is -2.34. The average molecular weight is 364 g/mol. The molecule has 3 aromatic rings. The molecule has 6 heteroatoms. The van der Waals surface area contributed by atoms with Gasteiger partial charge in [-0.05, 0) is 70.4 Å². The largest absolute Gasteiger partial charge is 0.361 e. The van der Waals surface area contributed by atoms with E-state index in [-0.39, 0.29) is 11.9 Å². The van der Waals surface area contributed by atoms with Crippen LogP contribution in [0.5, 0.6) is 0 Å². The first-order chi connectivity index (χ1) is 13.0. The molecule has 2 aromatic heterocycles. The van der Waals surface area contributed by atoms with E-state index >= 15 is 0 Å². The van der Waals surface area contributed by atoms with Gasteiger partial charge in [-0.1, -0.05) is 5.16 Å². The zero-order chi connectivity index (χ0) is 19.0. The maximum absolute atomic E-state index is 13.2. The van der Waals surface area contributed by atoms with Gasteiger partial charge in [-0.3, -0.25) is 4.79 Å². The summed E-state index contributed by atoms with van der Waals surface area (Å²) in [5.41, 5.74) is 4.54. The highest BCUT2D eigenvalue weighted by Crippen LogP contribution is 2.32. The minimum Gasteiger partial charge on any atom is -0.361 e. The molecule has 27 heavy (non-hydrogen) atoms. The smallest absolute Gasteiger partial charge is 0.254 e. The van der Waals surface area contributed by atoms with Gasteiger partial charge in [-0.15, -0.1) is 0 Å². The Morgan fingerprint density at radius 3 is 2.52 bits per heavy atom. The summed E-state index contributed by atoms with van der Waals surface area (Å²) in [7, 11) is 0. The molecule has 1 aliphatic heterocycles. The minimum absolute atomic E-state index is 0.0145. The van der Waals surface area contributed by atoms with Gasteiger partial charge in [-0.2, -0.15) is 5.10 Å². The highest BCUT2D eigenvalue weighted by Gasteiger charge is 2.30. The Kier molecular flexibility index (Phi) is 4.56. The molecule has 6 nitrogen and oxygen atoms in total. The van der Waals surface area contributed by atoms with Crippen LogP contribution in [0.3, 0.4) is 0 Å². The van der Waals surface area contributed by atoms with Crippen molar-refractivity contribution in [2.45, 2.75) is 46.1 Å². The lowest BCUT2D eigenvalue weighted by molar-refractivity contribution is 0.0602. The summed E-state index contributed by atoms with van der Waals surface area (Å²) < 4.78 is 7.13. The fourth-order valence-electron chi connectivity index (χ4n) is 3.83. The Hall–Kier alpha value is -2.89. The van der Waals surface area contributed by atoms with Crippen LogP contribution in [0.1, 0.15) is 58.5 Å². The van der Waals surface area contributed by atoms with Gasteiger partial charge in [0.25, 0.3) is 5.91 Å². The van der Waals surface area contributed by atoms with E-state index in [9.17, 15) is 4.79 Å². The van der Waals surface area contributed by atoms with Gasteiger partial charge in [0.2, 0.25) is 0 Å². The quantitative estimate of drug-likeness (QED) is 0.700. The standard InChI is InChI=1S/C21H24N4O2/c1-14-12-15(2)25(22-14)18-9-7-17(8-10-18)21(26)24-11-5-4-6-20(24)19-13-16(3)27-23-19/h7-10,12-13,20H,4-6,11H2,1-3H3/t20-/m0/s1. The molecule has 0 unspecified atom stereocenters. The predicted molar refractivity (Wildman–Crippen MR) is 102 cm³/mol. The van der Waals surface area contributed by atoms with Gasteiger partial charge < -0.3 is 9.42 Å². The number of aromatic nitrogens is 3. The van der Waals surface area contributed by atoms with Gasteiger partial charge in [0.1, 0.15) is 11.5 Å². The molecule has 0 bridgehead atoms. The molecule has 1 aromatic carbocycles. The van der Waals surface area contributed by atoms with Crippen LogP contribution in [0.15, 0.2) is 40.9 Å². The summed E-state index contributed by atoms with van der Waals surface area (Å²) in [6, 6.07) is 11.6. The highest BCUT2D eigenvalue weighted by atomic mass is 16.5. The Bertz CT molecular complexity index is 955. The number of benzene rings is 1. The molecule has 0 saturated carbocycles. The number of piperidine rings is 1. The molecule has 1 aliphatic rings. The van der Waals surface area contributed by atoms with E-state index in [4.69, 9.17) is 4.52 Å². The summed E-state index contributed by atoms with van der Waals surface area (Å²) in [5.74, 6) is 0.817. The predicted octanol–water partition coefficient (Wildman–Crippen LogP) is 4.15. The molecule has 0 aliphatic carbocycles. The summed E-state index contributed by atoms with van der Waals surface area (Å²) in [6.07, 6.45) is 3.03. The number of carbonyl (C=O) groups excluding carboxylic acids is 1. The fourth-order valence-corrected chi connectivity index (χ4v) is 3.83. The lowest BCUT2D eigenvalue weighted by atomic mass is 9.98. The second-order valence-electron chi connectivity index (χ2n) is 7.26. The summed E-state index contributed by atoms with van der Waals surface area (Å²) in [6.45, 7) is 6.62. The van der Waals surface area contributed by atoms with Gasteiger partial charge in [0.15, 0.2) is 0 Å². The molecule has 0 N–H and O–H groups in total. The normalized spacial score (nSPS) is 17.3. The number of hydrogen-bond donors (Lipinski definition) is 0. The first kappa shape index (κ1) is 17.5. The number of likely N-dealkylation sites (tertiary alicyclic amines) is 1. The van der Waals surface area contributed by atoms with Crippen molar-refractivity contribution in [2.75, 3.05) is 6.54 Å². The zero-order valence-corrected chi connectivity index (χ0v) is 16.0. The second-order valence-corrected chi connectivity index (χ2v) is 7.26. The number of nitrogens with zero attached hydrogens (tertiary/aromatic N) is 4. The zero-order valence-electron chi connectivity index (χ0n) is 16.0. The number of rotatable bonds is 3. The Balaban J connectivity index is 1.58. The van der Waals surface area contributed by atoms with Crippen LogP contribution < -0.4 is 0 Å². The van der Waals surface area contributed by atoms with Gasteiger partial charge in [-0.25, -0.2) is 4.68 Å². The number of carbonyl (C=O) groups is 1. The van der Waals surface area contributed by atoms with E-state index in [1.165, 1.54) is 0 Å². The van der Waals surface area contributed by atoms with Gasteiger partial charge in [0, 0.05) is 23.9 Å². The van der Waals surface area contributed by atoms with E-state index in [0.29, 0.717) is 5.56 Å². The van der Waals surface area contributed by atoms with Crippen LogP contribution in [0, 0.1) is 20.8 Å². The second kappa shape index (κ2) is 7.02. The molecule has 0 radical (unpaired) electrons. The van der Waals surface area contributed by atoms with E-state index in [0.717, 1.165) is 54.3 Å². The van der Waals surface area contributed by atoms with Crippen molar-refractivity contribution < 1.29 is 9.32 Å². The third-order valence-electron chi connectivity index (χ3n) is 5.12. The Morgan fingerprint density at radius 1 is 1.11 bits per heavy atom. The van der Waals surface area contributed by atoms with Crippen molar-refractivity contribution >= 4 is 5.91 Å². The van der Waals surface area contributed by atoms with Crippen LogP contribution in [-0.2, 0) is 0 Å². The summed E-state index contributed by atoms with van der Waals surface area (Å²) in [5, 5.41) is 8.65. The van der Waals surface area contributed by atoms with Crippen molar-refractivity contribution in [1.29, 1.82) is 0 Å². The summed E-state index contributed by atoms with van der Waals surface area (Å²) >= 11 is 0. The van der Waals surface area contributed by atoms with E-state index in [2.05, 4.69) is 10.3 Å². The molecule has 4 rings (SSSR count). The molecular weight excluding hydrogens is 340 g/mol. The average Bonchev–Trinajstić information content (AvgIpc) is 3.26. The number of aryl methyl sites for hydroxylation is 3. The van der Waals surface area contributed by atoms with Crippen molar-refractivity contribution in [2.24, 2.45) is 0 Å². The molecule has 0 spiro atoms. The maximum atomic E-state index is 13.2. The van der Waals surface area contributed by atoms with Crippen LogP contribution >= 0.6 is 0 Å². The Morgan fingerprint density at radius 2 is 1.89 bits per heavy atom. The SMILES string of the molecule is Cc1cc(C)n(-c2ccc(C(=O)N3CCCC[C@H]3c3cc(C)on3)cc2)n1. The fraction of sp³-hybridized carbons (Fsp3) is 0.381. The molecule has 1 amide bonds. The van der Waals surface area contributed by atoms with Crippen LogP contribution in [-0.4, -0.2) is 32.3 Å². The van der Waals surface area contributed by atoms with Gasteiger partial charge in [0.05, 0.1) is 17.4 Å². The first-order valence-corrected chi connectivity index (χ1v) is 9.41. The van der Waals surface area contributed by atoms with E-state index < -0.39 is 0 Å². The lowest BCUT2D eigenvalue weighted by Crippen LogP contribution is -2.38. The minimum atomic E-state index is -0.0145. The van der Waals surface area contributed by atoms with Crippen molar-refractivity contribution in [3.8, 4) is 5.69 Å². The number of amides is 1. The molecule has 3 heterocycles. The van der Waals surface area contributed by atoms with Crippen molar-refractivity contribution in [3.05, 3.63) is 64.8 Å². The van der Waals surface area contributed by atoms with Gasteiger partial charge >= 0.3 is 0 Å². The van der Waals surface area contributed by atoms with E-state index in [1.54, 1.807) is 0 Å². The van der Waals surface area contributed by atoms with Crippen molar-refractivity contribution in [1.82, 2.24) is 19.8 Å². The molecule has 1 saturated heterocycles. The molecule has 140 valence electrons. The Labute approximate surface area is 158 Å².